The van der Waals surface area contributed by atoms with Crippen LogP contribution in [0.2, 0.25) is 0 Å². The Morgan fingerprint density at radius 2 is 1.73 bits per heavy atom. The van der Waals surface area contributed by atoms with Gasteiger partial charge < -0.3 is 4.74 Å². The molecule has 2 aromatic rings. The molecule has 0 aliphatic heterocycles. The Kier molecular flexibility index (Phi) is 6.74. The molecule has 0 fully saturated rings. The maximum absolute atomic E-state index is 10.9. The number of methoxy groups -OCH3 is 1. The van der Waals surface area contributed by atoms with Crippen LogP contribution in [0, 0.1) is 29.6 Å². The maximum atomic E-state index is 10.9. The van der Waals surface area contributed by atoms with Gasteiger partial charge in [-0.05, 0) is 30.2 Å². The van der Waals surface area contributed by atoms with Gasteiger partial charge in [0.2, 0.25) is 0 Å². The second-order valence-corrected chi connectivity index (χ2v) is 4.20. The number of carbonyl (C=O) groups is 1. The predicted octanol–water partition coefficient (Wildman–Crippen LogP) is 1.93. The van der Waals surface area contributed by atoms with E-state index in [1.54, 1.807) is 24.7 Å². The van der Waals surface area contributed by atoms with Gasteiger partial charge in [0.1, 0.15) is 12.1 Å². The Labute approximate surface area is 128 Å². The Bertz CT molecular complexity index is 729. The SMILES string of the molecule is COC(=O)Cc1ccncc1C#N.Cc1ccncc1C#N. The minimum Gasteiger partial charge on any atom is -0.469 e. The van der Waals surface area contributed by atoms with Crippen LogP contribution in [-0.2, 0) is 16.0 Å². The molecule has 0 bridgehead atoms. The van der Waals surface area contributed by atoms with E-state index in [4.69, 9.17) is 10.5 Å². The lowest BCUT2D eigenvalue weighted by atomic mass is 10.1. The number of esters is 1. The van der Waals surface area contributed by atoms with Crippen molar-refractivity contribution >= 4 is 5.97 Å². The van der Waals surface area contributed by atoms with Crippen LogP contribution in [0.25, 0.3) is 0 Å². The van der Waals surface area contributed by atoms with Crippen LogP contribution in [0.1, 0.15) is 22.3 Å². The summed E-state index contributed by atoms with van der Waals surface area (Å²) in [6.45, 7) is 1.89. The van der Waals surface area contributed by atoms with Gasteiger partial charge in [0.25, 0.3) is 0 Å². The molecular formula is C16H14N4O2. The first-order chi connectivity index (χ1) is 10.6. The highest BCUT2D eigenvalue weighted by Crippen LogP contribution is 2.06. The standard InChI is InChI=1S/C9H8N2O2.C7H6N2/c1-13-9(12)4-7-2-3-11-6-8(7)5-10;1-6-2-3-9-5-7(6)4-8/h2-3,6H,4H2,1H3;2-3,5H,1H3. The molecule has 0 atom stereocenters. The number of aromatic nitrogens is 2. The van der Waals surface area contributed by atoms with Crippen molar-refractivity contribution in [2.24, 2.45) is 0 Å². The number of rotatable bonds is 2. The number of nitriles is 2. The Balaban J connectivity index is 0.000000235. The van der Waals surface area contributed by atoms with Crippen molar-refractivity contribution in [1.82, 2.24) is 9.97 Å². The molecule has 0 saturated carbocycles. The van der Waals surface area contributed by atoms with E-state index in [9.17, 15) is 4.79 Å². The third-order valence-electron chi connectivity index (χ3n) is 2.75. The van der Waals surface area contributed by atoms with E-state index in [1.165, 1.54) is 13.3 Å². The fourth-order valence-corrected chi connectivity index (χ4v) is 1.49. The van der Waals surface area contributed by atoms with E-state index in [2.05, 4.69) is 14.7 Å². The molecule has 0 aliphatic carbocycles. The van der Waals surface area contributed by atoms with E-state index >= 15 is 0 Å². The number of pyridine rings is 2. The predicted molar refractivity (Wildman–Crippen MR) is 78.4 cm³/mol. The molecule has 110 valence electrons. The molecule has 0 spiro atoms. The summed E-state index contributed by atoms with van der Waals surface area (Å²) in [5.74, 6) is -0.359. The van der Waals surface area contributed by atoms with Crippen molar-refractivity contribution in [3.63, 3.8) is 0 Å². The lowest BCUT2D eigenvalue weighted by Crippen LogP contribution is -2.06. The Morgan fingerprint density at radius 1 is 1.14 bits per heavy atom. The van der Waals surface area contributed by atoms with Crippen LogP contribution < -0.4 is 0 Å². The summed E-state index contributed by atoms with van der Waals surface area (Å²) in [6.07, 6.45) is 6.32. The fraction of sp³-hybridized carbons (Fsp3) is 0.188. The molecule has 0 aromatic carbocycles. The van der Waals surface area contributed by atoms with Gasteiger partial charge >= 0.3 is 5.97 Å². The van der Waals surface area contributed by atoms with Gasteiger partial charge in [0.05, 0.1) is 24.7 Å². The summed E-state index contributed by atoms with van der Waals surface area (Å²) in [7, 11) is 1.32. The molecule has 0 aliphatic rings. The van der Waals surface area contributed by atoms with Gasteiger partial charge in [0, 0.05) is 24.8 Å². The highest BCUT2D eigenvalue weighted by molar-refractivity contribution is 5.73. The summed E-state index contributed by atoms with van der Waals surface area (Å²) >= 11 is 0. The molecular weight excluding hydrogens is 280 g/mol. The van der Waals surface area contributed by atoms with Gasteiger partial charge in [0.15, 0.2) is 0 Å². The van der Waals surface area contributed by atoms with Crippen molar-refractivity contribution in [1.29, 1.82) is 10.5 Å². The number of hydrogen-bond donors (Lipinski definition) is 0. The molecule has 2 aromatic heterocycles. The van der Waals surface area contributed by atoms with Crippen molar-refractivity contribution in [3.05, 3.63) is 59.2 Å². The maximum Gasteiger partial charge on any atom is 0.310 e. The molecule has 0 radical (unpaired) electrons. The Morgan fingerprint density at radius 3 is 2.23 bits per heavy atom. The van der Waals surface area contributed by atoms with E-state index < -0.39 is 0 Å². The zero-order chi connectivity index (χ0) is 16.4. The fourth-order valence-electron chi connectivity index (χ4n) is 1.49. The molecule has 0 N–H and O–H groups in total. The normalized spacial score (nSPS) is 8.73. The zero-order valence-corrected chi connectivity index (χ0v) is 12.3. The van der Waals surface area contributed by atoms with Crippen LogP contribution >= 0.6 is 0 Å². The van der Waals surface area contributed by atoms with Gasteiger partial charge in [-0.15, -0.1) is 0 Å². The van der Waals surface area contributed by atoms with E-state index in [-0.39, 0.29) is 12.4 Å². The van der Waals surface area contributed by atoms with Crippen LogP contribution in [0.15, 0.2) is 36.9 Å². The van der Waals surface area contributed by atoms with Gasteiger partial charge in [-0.2, -0.15) is 10.5 Å². The third kappa shape index (κ3) is 5.03. The number of carbonyl (C=O) groups excluding carboxylic acids is 1. The van der Waals surface area contributed by atoms with E-state index in [1.807, 2.05) is 25.1 Å². The third-order valence-corrected chi connectivity index (χ3v) is 2.75. The van der Waals surface area contributed by atoms with Crippen molar-refractivity contribution in [2.45, 2.75) is 13.3 Å². The average molecular weight is 294 g/mol. The topological polar surface area (TPSA) is 99.7 Å². The van der Waals surface area contributed by atoms with Gasteiger partial charge in [-0.1, -0.05) is 0 Å². The minimum absolute atomic E-state index is 0.113. The largest absolute Gasteiger partial charge is 0.469 e. The average Bonchev–Trinajstić information content (AvgIpc) is 2.56. The highest BCUT2D eigenvalue weighted by Gasteiger charge is 2.06. The second-order valence-electron chi connectivity index (χ2n) is 4.20. The van der Waals surface area contributed by atoms with Crippen LogP contribution in [0.3, 0.4) is 0 Å². The van der Waals surface area contributed by atoms with E-state index in [0.717, 1.165) is 5.56 Å². The van der Waals surface area contributed by atoms with Gasteiger partial charge in [-0.3, -0.25) is 14.8 Å². The number of aryl methyl sites for hydroxylation is 1. The van der Waals surface area contributed by atoms with Crippen molar-refractivity contribution in [3.8, 4) is 12.1 Å². The highest BCUT2D eigenvalue weighted by atomic mass is 16.5. The zero-order valence-electron chi connectivity index (χ0n) is 12.3. The second kappa shape index (κ2) is 8.83. The lowest BCUT2D eigenvalue weighted by Gasteiger charge is -2.00. The molecule has 6 nitrogen and oxygen atoms in total. The first-order valence-electron chi connectivity index (χ1n) is 6.32. The van der Waals surface area contributed by atoms with Crippen LogP contribution in [-0.4, -0.2) is 23.0 Å². The molecule has 22 heavy (non-hydrogen) atoms. The summed E-state index contributed by atoms with van der Waals surface area (Å²) in [4.78, 5) is 18.5. The number of hydrogen-bond acceptors (Lipinski definition) is 6. The van der Waals surface area contributed by atoms with Crippen molar-refractivity contribution < 1.29 is 9.53 Å². The summed E-state index contributed by atoms with van der Waals surface area (Å²) < 4.78 is 4.48. The first kappa shape index (κ1) is 16.8. The number of nitrogens with zero attached hydrogens (tertiary/aromatic N) is 4. The molecule has 0 unspecified atom stereocenters. The quantitative estimate of drug-likeness (QED) is 0.784. The number of ether oxygens (including phenoxy) is 1. The minimum atomic E-state index is -0.359. The summed E-state index contributed by atoms with van der Waals surface area (Å²) in [5, 5.41) is 17.1. The molecule has 6 heteroatoms. The van der Waals surface area contributed by atoms with E-state index in [0.29, 0.717) is 16.7 Å². The monoisotopic (exact) mass is 294 g/mol. The molecule has 0 amide bonds. The smallest absolute Gasteiger partial charge is 0.310 e. The molecule has 2 heterocycles. The molecule has 2 rings (SSSR count). The van der Waals surface area contributed by atoms with Crippen LogP contribution in [0.5, 0.6) is 0 Å². The molecule has 0 saturated heterocycles. The summed E-state index contributed by atoms with van der Waals surface area (Å²) in [6, 6.07) is 7.44. The van der Waals surface area contributed by atoms with Crippen LogP contribution in [0.4, 0.5) is 0 Å². The first-order valence-corrected chi connectivity index (χ1v) is 6.32. The summed E-state index contributed by atoms with van der Waals surface area (Å²) in [5.41, 5.74) is 2.68. The van der Waals surface area contributed by atoms with Crippen molar-refractivity contribution in [2.75, 3.05) is 7.11 Å². The Hall–Kier alpha value is -3.25. The van der Waals surface area contributed by atoms with Gasteiger partial charge in [-0.25, -0.2) is 0 Å². The lowest BCUT2D eigenvalue weighted by molar-refractivity contribution is -0.139.